The Morgan fingerprint density at radius 3 is 2.27 bits per heavy atom. The van der Waals surface area contributed by atoms with Crippen molar-refractivity contribution in [3.63, 3.8) is 0 Å². The number of carbonyl (C=O) groups is 1. The largest absolute Gasteiger partial charge is 0.355 e. The van der Waals surface area contributed by atoms with Gasteiger partial charge in [-0.05, 0) is 68.4 Å². The molecule has 1 heterocycles. The van der Waals surface area contributed by atoms with Gasteiger partial charge < -0.3 is 5.32 Å². The molecule has 1 aliphatic heterocycles. The van der Waals surface area contributed by atoms with Crippen LogP contribution < -0.4 is 5.32 Å². The number of nitrogens with one attached hydrogen (secondary N) is 1. The SMILES string of the molecule is O=C1NCCCC[C@H]1N(CCCCCCCCc1ccccc1)S(=O)(=O)c1ccc(Cl)cc1. The number of nitrogens with zero attached hydrogens (tertiary/aromatic N) is 1. The molecule has 0 spiro atoms. The van der Waals surface area contributed by atoms with Gasteiger partial charge in [0.2, 0.25) is 15.9 Å². The minimum absolute atomic E-state index is 0.185. The van der Waals surface area contributed by atoms with Crippen LogP contribution in [0.25, 0.3) is 0 Å². The van der Waals surface area contributed by atoms with Crippen molar-refractivity contribution in [2.75, 3.05) is 13.1 Å². The fourth-order valence-corrected chi connectivity index (χ4v) is 6.11. The lowest BCUT2D eigenvalue weighted by Gasteiger charge is -2.29. The lowest BCUT2D eigenvalue weighted by atomic mass is 10.0. The quantitative estimate of drug-likeness (QED) is 0.395. The van der Waals surface area contributed by atoms with Crippen LogP contribution in [0.3, 0.4) is 0 Å². The Kier molecular flexibility index (Phi) is 10.2. The number of halogens is 1. The summed E-state index contributed by atoms with van der Waals surface area (Å²) in [5, 5.41) is 3.37. The van der Waals surface area contributed by atoms with Crippen molar-refractivity contribution in [1.29, 1.82) is 0 Å². The third-order valence-corrected chi connectivity index (χ3v) is 8.39. The highest BCUT2D eigenvalue weighted by Gasteiger charge is 2.36. The standard InChI is InChI=1S/C26H35ClN2O3S/c27-23-16-18-24(19-17-23)33(31,32)29(25-15-9-10-20-28-26(25)30)21-11-4-2-1-3-6-12-22-13-7-5-8-14-22/h5,7-8,13-14,16-19,25H,1-4,6,9-12,15,20-21H2,(H,28,30)/t25-/m1/s1. The van der Waals surface area contributed by atoms with Gasteiger partial charge in [-0.15, -0.1) is 0 Å². The molecular weight excluding hydrogens is 456 g/mol. The normalized spacial score (nSPS) is 17.0. The van der Waals surface area contributed by atoms with Crippen molar-refractivity contribution >= 4 is 27.5 Å². The molecule has 5 nitrogen and oxygen atoms in total. The predicted octanol–water partition coefficient (Wildman–Crippen LogP) is 5.58. The zero-order valence-corrected chi connectivity index (χ0v) is 20.8. The fraction of sp³-hybridized carbons (Fsp3) is 0.500. The van der Waals surface area contributed by atoms with E-state index in [9.17, 15) is 13.2 Å². The Balaban J connectivity index is 1.53. The zero-order chi connectivity index (χ0) is 23.5. The Morgan fingerprint density at radius 1 is 0.879 bits per heavy atom. The van der Waals surface area contributed by atoms with Crippen LogP contribution in [0.15, 0.2) is 59.5 Å². The molecule has 3 rings (SSSR count). The van der Waals surface area contributed by atoms with Crippen molar-refractivity contribution < 1.29 is 13.2 Å². The Hall–Kier alpha value is -1.89. The minimum Gasteiger partial charge on any atom is -0.355 e. The monoisotopic (exact) mass is 490 g/mol. The van der Waals surface area contributed by atoms with E-state index in [1.807, 2.05) is 6.07 Å². The van der Waals surface area contributed by atoms with Crippen LogP contribution in [0.5, 0.6) is 0 Å². The molecule has 1 saturated heterocycles. The molecule has 2 aromatic carbocycles. The van der Waals surface area contributed by atoms with Crippen LogP contribution >= 0.6 is 11.6 Å². The van der Waals surface area contributed by atoms with Gasteiger partial charge in [0.1, 0.15) is 6.04 Å². The number of aryl methyl sites for hydroxylation is 1. The number of sulfonamides is 1. The van der Waals surface area contributed by atoms with Gasteiger partial charge in [0.05, 0.1) is 4.90 Å². The second kappa shape index (κ2) is 13.1. The highest BCUT2D eigenvalue weighted by atomic mass is 35.5. The van der Waals surface area contributed by atoms with E-state index in [0.29, 0.717) is 24.5 Å². The van der Waals surface area contributed by atoms with Crippen LogP contribution in [-0.2, 0) is 21.2 Å². The topological polar surface area (TPSA) is 66.5 Å². The second-order valence-electron chi connectivity index (χ2n) is 8.73. The van der Waals surface area contributed by atoms with Crippen molar-refractivity contribution in [2.45, 2.75) is 75.1 Å². The summed E-state index contributed by atoms with van der Waals surface area (Å²) in [4.78, 5) is 12.9. The lowest BCUT2D eigenvalue weighted by molar-refractivity contribution is -0.124. The average Bonchev–Trinajstić information content (AvgIpc) is 3.03. The van der Waals surface area contributed by atoms with Crippen LogP contribution in [0.2, 0.25) is 5.02 Å². The molecule has 1 atom stereocenters. The molecular formula is C26H35ClN2O3S. The van der Waals surface area contributed by atoms with Gasteiger partial charge in [-0.25, -0.2) is 8.42 Å². The summed E-state index contributed by atoms with van der Waals surface area (Å²) in [6.45, 7) is 0.959. The molecule has 0 radical (unpaired) electrons. The number of rotatable bonds is 12. The third-order valence-electron chi connectivity index (χ3n) is 6.21. The summed E-state index contributed by atoms with van der Waals surface area (Å²) < 4.78 is 28.3. The maximum atomic E-state index is 13.4. The van der Waals surface area contributed by atoms with Gasteiger partial charge in [-0.1, -0.05) is 67.6 Å². The molecule has 0 aliphatic carbocycles. The molecule has 180 valence electrons. The molecule has 2 aromatic rings. The second-order valence-corrected chi connectivity index (χ2v) is 11.1. The van der Waals surface area contributed by atoms with E-state index < -0.39 is 16.1 Å². The Bertz CT molecular complexity index is 965. The van der Waals surface area contributed by atoms with Crippen LogP contribution in [0, 0.1) is 0 Å². The van der Waals surface area contributed by atoms with Gasteiger partial charge in [-0.2, -0.15) is 4.31 Å². The number of amides is 1. The van der Waals surface area contributed by atoms with Gasteiger partial charge in [-0.3, -0.25) is 4.79 Å². The minimum atomic E-state index is -3.78. The molecule has 7 heteroatoms. The lowest BCUT2D eigenvalue weighted by Crippen LogP contribution is -2.49. The van der Waals surface area contributed by atoms with Gasteiger partial charge in [0.15, 0.2) is 0 Å². The highest BCUT2D eigenvalue weighted by molar-refractivity contribution is 7.89. The molecule has 0 unspecified atom stereocenters. The van der Waals surface area contributed by atoms with Crippen molar-refractivity contribution in [3.05, 3.63) is 65.2 Å². The summed E-state index contributed by atoms with van der Waals surface area (Å²) in [6.07, 6.45) is 9.61. The highest BCUT2D eigenvalue weighted by Crippen LogP contribution is 2.24. The molecule has 0 bridgehead atoms. The molecule has 1 aliphatic rings. The molecule has 0 saturated carbocycles. The summed E-state index contributed by atoms with van der Waals surface area (Å²) in [7, 11) is -3.78. The van der Waals surface area contributed by atoms with E-state index in [1.54, 1.807) is 12.1 Å². The van der Waals surface area contributed by atoms with E-state index >= 15 is 0 Å². The maximum Gasteiger partial charge on any atom is 0.243 e. The number of hydrogen-bond donors (Lipinski definition) is 1. The van der Waals surface area contributed by atoms with Crippen LogP contribution in [0.1, 0.15) is 63.4 Å². The van der Waals surface area contributed by atoms with E-state index in [0.717, 1.165) is 44.9 Å². The Morgan fingerprint density at radius 2 is 1.55 bits per heavy atom. The molecule has 1 fully saturated rings. The number of benzene rings is 2. The van der Waals surface area contributed by atoms with Crippen molar-refractivity contribution in [3.8, 4) is 0 Å². The molecule has 33 heavy (non-hydrogen) atoms. The molecule has 0 aromatic heterocycles. The number of carbonyl (C=O) groups excluding carboxylic acids is 1. The van der Waals surface area contributed by atoms with Gasteiger partial charge in [0.25, 0.3) is 0 Å². The average molecular weight is 491 g/mol. The summed E-state index contributed by atoms with van der Waals surface area (Å²) in [5.41, 5.74) is 1.38. The van der Waals surface area contributed by atoms with Crippen LogP contribution in [-0.4, -0.2) is 37.8 Å². The predicted molar refractivity (Wildman–Crippen MR) is 134 cm³/mol. The van der Waals surface area contributed by atoms with Gasteiger partial charge in [0, 0.05) is 18.1 Å². The van der Waals surface area contributed by atoms with Crippen molar-refractivity contribution in [1.82, 2.24) is 9.62 Å². The van der Waals surface area contributed by atoms with E-state index in [4.69, 9.17) is 11.6 Å². The number of hydrogen-bond acceptors (Lipinski definition) is 3. The smallest absolute Gasteiger partial charge is 0.243 e. The summed E-state index contributed by atoms with van der Waals surface area (Å²) in [6, 6.07) is 16.1. The Labute approximate surface area is 203 Å². The van der Waals surface area contributed by atoms with Crippen LogP contribution in [0.4, 0.5) is 0 Å². The molecule has 1 amide bonds. The summed E-state index contributed by atoms with van der Waals surface area (Å²) >= 11 is 5.95. The first-order valence-electron chi connectivity index (χ1n) is 12.1. The van der Waals surface area contributed by atoms with Crippen molar-refractivity contribution in [2.24, 2.45) is 0 Å². The van der Waals surface area contributed by atoms with E-state index in [2.05, 4.69) is 29.6 Å². The number of unbranched alkanes of at least 4 members (excludes halogenated alkanes) is 5. The van der Waals surface area contributed by atoms with E-state index in [1.165, 1.54) is 34.8 Å². The maximum absolute atomic E-state index is 13.4. The first kappa shape index (κ1) is 25.7. The first-order chi connectivity index (χ1) is 16.0. The zero-order valence-electron chi connectivity index (χ0n) is 19.2. The third kappa shape index (κ3) is 7.83. The fourth-order valence-electron chi connectivity index (χ4n) is 4.33. The molecule has 1 N–H and O–H groups in total. The summed E-state index contributed by atoms with van der Waals surface area (Å²) in [5.74, 6) is -0.189. The first-order valence-corrected chi connectivity index (χ1v) is 13.9. The van der Waals surface area contributed by atoms with Gasteiger partial charge >= 0.3 is 0 Å². The van der Waals surface area contributed by atoms with E-state index in [-0.39, 0.29) is 10.8 Å².